The van der Waals surface area contributed by atoms with Crippen molar-refractivity contribution >= 4 is 5.91 Å². The lowest BCUT2D eigenvalue weighted by Gasteiger charge is -2.24. The third-order valence-electron chi connectivity index (χ3n) is 5.39. The van der Waals surface area contributed by atoms with E-state index in [0.717, 1.165) is 47.5 Å². The molecule has 0 fully saturated rings. The first-order valence-electron chi connectivity index (χ1n) is 9.89. The van der Waals surface area contributed by atoms with Crippen LogP contribution in [0.1, 0.15) is 42.1 Å². The number of hydrogen-bond acceptors (Lipinski definition) is 3. The number of benzene rings is 2. The highest BCUT2D eigenvalue weighted by Gasteiger charge is 2.26. The minimum absolute atomic E-state index is 0.0312. The molecule has 6 heteroatoms. The second kappa shape index (κ2) is 8.47. The molecule has 4 rings (SSSR count). The highest BCUT2D eigenvalue weighted by Crippen LogP contribution is 2.31. The maximum atomic E-state index is 13.2. The van der Waals surface area contributed by atoms with Crippen LogP contribution >= 0.6 is 0 Å². The van der Waals surface area contributed by atoms with Gasteiger partial charge in [-0.1, -0.05) is 12.1 Å². The van der Waals surface area contributed by atoms with Crippen LogP contribution in [0.5, 0.6) is 5.75 Å². The fourth-order valence-electron chi connectivity index (χ4n) is 3.83. The van der Waals surface area contributed by atoms with E-state index in [-0.39, 0.29) is 17.8 Å². The van der Waals surface area contributed by atoms with E-state index in [9.17, 15) is 9.18 Å². The Bertz CT molecular complexity index is 980. The first-order valence-corrected chi connectivity index (χ1v) is 9.89. The van der Waals surface area contributed by atoms with Gasteiger partial charge in [-0.15, -0.1) is 0 Å². The van der Waals surface area contributed by atoms with Crippen LogP contribution in [0.2, 0.25) is 0 Å². The summed E-state index contributed by atoms with van der Waals surface area (Å²) in [7, 11) is 1.64. The van der Waals surface area contributed by atoms with Crippen molar-refractivity contribution in [3.8, 4) is 11.4 Å². The lowest BCUT2D eigenvalue weighted by Crippen LogP contribution is -2.31. The molecule has 1 aliphatic carbocycles. The number of carbonyl (C=O) groups is 1. The van der Waals surface area contributed by atoms with E-state index in [1.54, 1.807) is 19.2 Å². The molecule has 1 aromatic heterocycles. The molecular weight excluding hydrogens is 369 g/mol. The number of fused-ring (bicyclic) bond motifs is 1. The molecule has 1 atom stereocenters. The zero-order valence-corrected chi connectivity index (χ0v) is 16.4. The van der Waals surface area contributed by atoms with Gasteiger partial charge in [0.15, 0.2) is 0 Å². The summed E-state index contributed by atoms with van der Waals surface area (Å²) in [5.74, 6) is 0.580. The third-order valence-corrected chi connectivity index (χ3v) is 5.39. The number of aryl methyl sites for hydroxylation is 1. The van der Waals surface area contributed by atoms with Gasteiger partial charge < -0.3 is 10.1 Å². The van der Waals surface area contributed by atoms with E-state index in [1.807, 2.05) is 35.1 Å². The molecule has 1 heterocycles. The number of hydrogen-bond donors (Lipinski definition) is 1. The Labute approximate surface area is 169 Å². The van der Waals surface area contributed by atoms with Crippen molar-refractivity contribution < 1.29 is 13.9 Å². The van der Waals surface area contributed by atoms with Gasteiger partial charge >= 0.3 is 0 Å². The normalized spacial score (nSPS) is 15.6. The maximum absolute atomic E-state index is 13.2. The molecular formula is C23H24FN3O2. The monoisotopic (exact) mass is 393 g/mol. The Balaban J connectivity index is 1.41. The summed E-state index contributed by atoms with van der Waals surface area (Å²) in [6, 6.07) is 14.1. The smallest absolute Gasteiger partial charge is 0.220 e. The zero-order chi connectivity index (χ0) is 20.2. The zero-order valence-electron chi connectivity index (χ0n) is 16.4. The van der Waals surface area contributed by atoms with Gasteiger partial charge in [0, 0.05) is 17.7 Å². The lowest BCUT2D eigenvalue weighted by molar-refractivity contribution is -0.121. The quantitative estimate of drug-likeness (QED) is 0.685. The molecule has 0 spiro atoms. The molecule has 3 aromatic rings. The number of nitrogens with zero attached hydrogens (tertiary/aromatic N) is 2. The Morgan fingerprint density at radius 1 is 1.21 bits per heavy atom. The topological polar surface area (TPSA) is 56.1 Å². The molecule has 0 saturated heterocycles. The molecule has 0 aliphatic heterocycles. The van der Waals surface area contributed by atoms with Crippen molar-refractivity contribution in [3.63, 3.8) is 0 Å². The fourth-order valence-corrected chi connectivity index (χ4v) is 3.83. The molecule has 0 saturated carbocycles. The molecule has 150 valence electrons. The second-order valence-electron chi connectivity index (χ2n) is 7.30. The molecule has 0 unspecified atom stereocenters. The van der Waals surface area contributed by atoms with E-state index in [0.29, 0.717) is 12.8 Å². The van der Waals surface area contributed by atoms with E-state index in [1.165, 1.54) is 12.1 Å². The Morgan fingerprint density at radius 3 is 2.69 bits per heavy atom. The van der Waals surface area contributed by atoms with Crippen LogP contribution in [0.4, 0.5) is 4.39 Å². The predicted molar refractivity (Wildman–Crippen MR) is 109 cm³/mol. The second-order valence-corrected chi connectivity index (χ2v) is 7.30. The Morgan fingerprint density at radius 2 is 1.97 bits per heavy atom. The van der Waals surface area contributed by atoms with Crippen LogP contribution in [0.15, 0.2) is 54.7 Å². The number of carbonyl (C=O) groups excluding carboxylic acids is 1. The van der Waals surface area contributed by atoms with E-state index in [4.69, 9.17) is 4.74 Å². The summed E-state index contributed by atoms with van der Waals surface area (Å²) in [4.78, 5) is 12.5. The number of ether oxygens (including phenoxy) is 1. The van der Waals surface area contributed by atoms with Crippen LogP contribution < -0.4 is 10.1 Å². The van der Waals surface area contributed by atoms with Gasteiger partial charge in [-0.2, -0.15) is 5.10 Å². The molecule has 29 heavy (non-hydrogen) atoms. The first-order chi connectivity index (χ1) is 14.1. The summed E-state index contributed by atoms with van der Waals surface area (Å²) < 4.78 is 20.2. The largest absolute Gasteiger partial charge is 0.497 e. The maximum Gasteiger partial charge on any atom is 0.220 e. The van der Waals surface area contributed by atoms with Gasteiger partial charge in [-0.3, -0.25) is 4.79 Å². The minimum Gasteiger partial charge on any atom is -0.497 e. The van der Waals surface area contributed by atoms with E-state index < -0.39 is 0 Å². The lowest BCUT2D eigenvalue weighted by atomic mass is 9.92. The molecule has 0 bridgehead atoms. The minimum atomic E-state index is -0.267. The van der Waals surface area contributed by atoms with Crippen molar-refractivity contribution in [2.75, 3.05) is 7.11 Å². The molecule has 5 nitrogen and oxygen atoms in total. The number of methoxy groups -OCH3 is 1. The van der Waals surface area contributed by atoms with Gasteiger partial charge in [-0.25, -0.2) is 9.07 Å². The van der Waals surface area contributed by atoms with Gasteiger partial charge in [0.05, 0.1) is 25.0 Å². The molecule has 1 N–H and O–H groups in total. The summed E-state index contributed by atoms with van der Waals surface area (Å²) >= 11 is 0. The summed E-state index contributed by atoms with van der Waals surface area (Å²) in [6.45, 7) is 0. The Kier molecular flexibility index (Phi) is 5.60. The average molecular weight is 393 g/mol. The number of aromatic nitrogens is 2. The average Bonchev–Trinajstić information content (AvgIpc) is 3.18. The standard InChI is InChI=1S/C23H24FN3O2/c1-29-19-12-5-16(6-13-19)7-14-23(28)26-21-3-2-4-22-20(21)15-25-27(22)18-10-8-17(24)9-11-18/h5-6,8-13,15,21H,2-4,7,14H2,1H3,(H,26,28)/t21-/m0/s1. The van der Waals surface area contributed by atoms with Crippen LogP contribution in [0, 0.1) is 5.82 Å². The van der Waals surface area contributed by atoms with Crippen LogP contribution in [-0.2, 0) is 17.6 Å². The predicted octanol–water partition coefficient (Wildman–Crippen LogP) is 4.15. The van der Waals surface area contributed by atoms with Crippen molar-refractivity contribution in [1.29, 1.82) is 0 Å². The van der Waals surface area contributed by atoms with Gasteiger partial charge in [0.25, 0.3) is 0 Å². The molecule has 2 aromatic carbocycles. The van der Waals surface area contributed by atoms with Crippen molar-refractivity contribution in [2.45, 2.75) is 38.1 Å². The van der Waals surface area contributed by atoms with E-state index >= 15 is 0 Å². The molecule has 1 aliphatic rings. The highest BCUT2D eigenvalue weighted by molar-refractivity contribution is 5.76. The number of rotatable bonds is 6. The molecule has 1 amide bonds. The molecule has 0 radical (unpaired) electrons. The van der Waals surface area contributed by atoms with Crippen LogP contribution in [-0.4, -0.2) is 22.8 Å². The van der Waals surface area contributed by atoms with Crippen molar-refractivity contribution in [2.24, 2.45) is 0 Å². The third kappa shape index (κ3) is 4.31. The summed E-state index contributed by atoms with van der Waals surface area (Å²) in [5, 5.41) is 7.66. The van der Waals surface area contributed by atoms with Gasteiger partial charge in [0.1, 0.15) is 11.6 Å². The van der Waals surface area contributed by atoms with Gasteiger partial charge in [-0.05, 0) is 67.6 Å². The first kappa shape index (κ1) is 19.2. The van der Waals surface area contributed by atoms with Gasteiger partial charge in [0.2, 0.25) is 5.91 Å². The number of halogens is 1. The van der Waals surface area contributed by atoms with Crippen LogP contribution in [0.3, 0.4) is 0 Å². The number of amides is 1. The van der Waals surface area contributed by atoms with Crippen molar-refractivity contribution in [1.82, 2.24) is 15.1 Å². The highest BCUT2D eigenvalue weighted by atomic mass is 19.1. The fraction of sp³-hybridized carbons (Fsp3) is 0.304. The Hall–Kier alpha value is -3.15. The van der Waals surface area contributed by atoms with E-state index in [2.05, 4.69) is 10.4 Å². The van der Waals surface area contributed by atoms with Crippen LogP contribution in [0.25, 0.3) is 5.69 Å². The summed E-state index contributed by atoms with van der Waals surface area (Å²) in [6.07, 6.45) is 5.71. The van der Waals surface area contributed by atoms with Crippen molar-refractivity contribution in [3.05, 3.63) is 77.4 Å². The SMILES string of the molecule is COc1ccc(CCC(=O)N[C@H]2CCCc3c2cnn3-c2ccc(F)cc2)cc1. The summed E-state index contributed by atoms with van der Waals surface area (Å²) in [5.41, 5.74) is 4.08. The number of nitrogens with one attached hydrogen (secondary N) is 1.